The SMILES string of the molecule is CCCCC(C)NC(=O)c1cc(S)ccc1F. The zero-order chi connectivity index (χ0) is 12.8. The van der Waals surface area contributed by atoms with E-state index in [1.807, 2.05) is 6.92 Å². The van der Waals surface area contributed by atoms with Crippen LogP contribution >= 0.6 is 12.6 Å². The minimum Gasteiger partial charge on any atom is -0.349 e. The minimum atomic E-state index is -0.511. The second kappa shape index (κ2) is 6.64. The summed E-state index contributed by atoms with van der Waals surface area (Å²) in [6.45, 7) is 4.02. The molecule has 0 heterocycles. The van der Waals surface area contributed by atoms with Crippen LogP contribution in [0.25, 0.3) is 0 Å². The van der Waals surface area contributed by atoms with Crippen LogP contribution in [-0.2, 0) is 0 Å². The summed E-state index contributed by atoms with van der Waals surface area (Å²) in [6, 6.07) is 4.29. The summed E-state index contributed by atoms with van der Waals surface area (Å²) < 4.78 is 13.4. The van der Waals surface area contributed by atoms with Gasteiger partial charge in [0.05, 0.1) is 5.56 Å². The van der Waals surface area contributed by atoms with Crippen LogP contribution in [0.1, 0.15) is 43.5 Å². The van der Waals surface area contributed by atoms with Crippen molar-refractivity contribution in [3.05, 3.63) is 29.6 Å². The highest BCUT2D eigenvalue weighted by atomic mass is 32.1. The van der Waals surface area contributed by atoms with Crippen LogP contribution in [0, 0.1) is 5.82 Å². The molecular weight excluding hydrogens is 237 g/mol. The Labute approximate surface area is 107 Å². The molecule has 1 N–H and O–H groups in total. The number of carbonyl (C=O) groups excluding carboxylic acids is 1. The highest BCUT2D eigenvalue weighted by Gasteiger charge is 2.13. The van der Waals surface area contributed by atoms with E-state index in [-0.39, 0.29) is 17.5 Å². The molecule has 0 aromatic heterocycles. The van der Waals surface area contributed by atoms with Crippen molar-refractivity contribution in [2.24, 2.45) is 0 Å². The van der Waals surface area contributed by atoms with E-state index in [4.69, 9.17) is 0 Å². The zero-order valence-corrected chi connectivity index (χ0v) is 11.1. The molecule has 4 heteroatoms. The predicted octanol–water partition coefficient (Wildman–Crippen LogP) is 3.42. The Morgan fingerprint density at radius 2 is 2.24 bits per heavy atom. The Morgan fingerprint density at radius 1 is 1.53 bits per heavy atom. The fourth-order valence-electron chi connectivity index (χ4n) is 1.57. The second-order valence-corrected chi connectivity index (χ2v) is 4.70. The standard InChI is InChI=1S/C13H18FNOS/c1-3-4-5-9(2)15-13(16)11-8-10(17)6-7-12(11)14/h6-9,17H,3-5H2,1-2H3,(H,15,16). The average molecular weight is 255 g/mol. The van der Waals surface area contributed by atoms with Crippen molar-refractivity contribution in [2.75, 3.05) is 0 Å². The molecule has 1 amide bonds. The van der Waals surface area contributed by atoms with Crippen LogP contribution in [-0.4, -0.2) is 11.9 Å². The highest BCUT2D eigenvalue weighted by Crippen LogP contribution is 2.13. The monoisotopic (exact) mass is 255 g/mol. The molecule has 94 valence electrons. The molecule has 0 aliphatic heterocycles. The second-order valence-electron chi connectivity index (χ2n) is 4.18. The number of carbonyl (C=O) groups is 1. The first-order valence-corrected chi connectivity index (χ1v) is 6.28. The molecule has 0 aliphatic rings. The van der Waals surface area contributed by atoms with Gasteiger partial charge in [0.15, 0.2) is 0 Å². The van der Waals surface area contributed by atoms with Crippen LogP contribution in [0.15, 0.2) is 23.1 Å². The van der Waals surface area contributed by atoms with Crippen LogP contribution in [0.3, 0.4) is 0 Å². The van der Waals surface area contributed by atoms with Gasteiger partial charge in [-0.15, -0.1) is 12.6 Å². The Morgan fingerprint density at radius 3 is 2.88 bits per heavy atom. The van der Waals surface area contributed by atoms with Crippen molar-refractivity contribution < 1.29 is 9.18 Å². The predicted molar refractivity (Wildman–Crippen MR) is 70.1 cm³/mol. The summed E-state index contributed by atoms with van der Waals surface area (Å²) in [5.41, 5.74) is 0.0563. The number of amides is 1. The van der Waals surface area contributed by atoms with E-state index in [2.05, 4.69) is 24.9 Å². The van der Waals surface area contributed by atoms with Gasteiger partial charge >= 0.3 is 0 Å². The molecular formula is C13H18FNOS. The number of rotatable bonds is 5. The quantitative estimate of drug-likeness (QED) is 0.776. The molecule has 0 fully saturated rings. The van der Waals surface area contributed by atoms with Gasteiger partial charge in [-0.05, 0) is 31.5 Å². The molecule has 2 nitrogen and oxygen atoms in total. The molecule has 0 saturated heterocycles. The van der Waals surface area contributed by atoms with Gasteiger partial charge in [-0.2, -0.15) is 0 Å². The van der Waals surface area contributed by atoms with Crippen molar-refractivity contribution in [1.82, 2.24) is 5.32 Å². The van der Waals surface area contributed by atoms with Gasteiger partial charge in [-0.3, -0.25) is 4.79 Å². The summed E-state index contributed by atoms with van der Waals surface area (Å²) in [5.74, 6) is -0.884. The minimum absolute atomic E-state index is 0.0563. The van der Waals surface area contributed by atoms with Gasteiger partial charge in [0.2, 0.25) is 0 Å². The lowest BCUT2D eigenvalue weighted by molar-refractivity contribution is 0.0933. The molecule has 0 saturated carbocycles. The van der Waals surface area contributed by atoms with Crippen molar-refractivity contribution in [1.29, 1.82) is 0 Å². The van der Waals surface area contributed by atoms with Crippen LogP contribution < -0.4 is 5.32 Å². The van der Waals surface area contributed by atoms with Crippen LogP contribution in [0.4, 0.5) is 4.39 Å². The van der Waals surface area contributed by atoms with E-state index >= 15 is 0 Å². The molecule has 0 spiro atoms. The summed E-state index contributed by atoms with van der Waals surface area (Å²) in [7, 11) is 0. The first kappa shape index (κ1) is 14.0. The lowest BCUT2D eigenvalue weighted by Gasteiger charge is -2.13. The normalized spacial score (nSPS) is 12.2. The number of hydrogen-bond acceptors (Lipinski definition) is 2. The fourth-order valence-corrected chi connectivity index (χ4v) is 1.77. The molecule has 1 atom stereocenters. The van der Waals surface area contributed by atoms with E-state index in [0.717, 1.165) is 19.3 Å². The smallest absolute Gasteiger partial charge is 0.254 e. The Balaban J connectivity index is 2.66. The number of benzene rings is 1. The third-order valence-corrected chi connectivity index (χ3v) is 2.84. The first-order valence-electron chi connectivity index (χ1n) is 5.84. The van der Waals surface area contributed by atoms with Gasteiger partial charge in [0.25, 0.3) is 5.91 Å². The topological polar surface area (TPSA) is 29.1 Å². The molecule has 1 aromatic carbocycles. The zero-order valence-electron chi connectivity index (χ0n) is 10.2. The summed E-state index contributed by atoms with van der Waals surface area (Å²) in [5, 5.41) is 2.79. The molecule has 0 aliphatic carbocycles. The average Bonchev–Trinajstić information content (AvgIpc) is 2.29. The van der Waals surface area contributed by atoms with Crippen molar-refractivity contribution in [2.45, 2.75) is 44.0 Å². The van der Waals surface area contributed by atoms with E-state index in [9.17, 15) is 9.18 Å². The first-order chi connectivity index (χ1) is 8.04. The molecule has 1 aromatic rings. The maximum absolute atomic E-state index is 13.4. The number of unbranched alkanes of at least 4 members (excludes halogenated alkanes) is 1. The van der Waals surface area contributed by atoms with Crippen molar-refractivity contribution in [3.8, 4) is 0 Å². The third-order valence-electron chi connectivity index (χ3n) is 2.56. The lowest BCUT2D eigenvalue weighted by Crippen LogP contribution is -2.33. The number of nitrogens with one attached hydrogen (secondary N) is 1. The number of halogens is 1. The van der Waals surface area contributed by atoms with Gasteiger partial charge in [0.1, 0.15) is 5.82 Å². The van der Waals surface area contributed by atoms with Gasteiger partial charge in [-0.1, -0.05) is 19.8 Å². The van der Waals surface area contributed by atoms with E-state index < -0.39 is 5.82 Å². The maximum atomic E-state index is 13.4. The van der Waals surface area contributed by atoms with Crippen molar-refractivity contribution >= 4 is 18.5 Å². The van der Waals surface area contributed by atoms with Crippen LogP contribution in [0.5, 0.6) is 0 Å². The van der Waals surface area contributed by atoms with E-state index in [1.54, 1.807) is 0 Å². The highest BCUT2D eigenvalue weighted by molar-refractivity contribution is 7.80. The largest absolute Gasteiger partial charge is 0.349 e. The molecule has 1 rings (SSSR count). The Hall–Kier alpha value is -1.03. The maximum Gasteiger partial charge on any atom is 0.254 e. The Kier molecular flexibility index (Phi) is 5.48. The summed E-state index contributed by atoms with van der Waals surface area (Å²) in [6.07, 6.45) is 3.04. The van der Waals surface area contributed by atoms with Gasteiger partial charge in [-0.25, -0.2) is 4.39 Å². The molecule has 0 radical (unpaired) electrons. The summed E-state index contributed by atoms with van der Waals surface area (Å²) in [4.78, 5) is 12.4. The van der Waals surface area contributed by atoms with E-state index in [0.29, 0.717) is 4.90 Å². The molecule has 0 bridgehead atoms. The van der Waals surface area contributed by atoms with Gasteiger partial charge in [0, 0.05) is 10.9 Å². The molecule has 1 unspecified atom stereocenters. The van der Waals surface area contributed by atoms with Crippen LogP contribution in [0.2, 0.25) is 0 Å². The molecule has 17 heavy (non-hydrogen) atoms. The third kappa shape index (κ3) is 4.38. The number of hydrogen-bond donors (Lipinski definition) is 2. The van der Waals surface area contributed by atoms with Gasteiger partial charge < -0.3 is 5.32 Å². The lowest BCUT2D eigenvalue weighted by atomic mass is 10.1. The summed E-state index contributed by atoms with van der Waals surface area (Å²) >= 11 is 4.10. The fraction of sp³-hybridized carbons (Fsp3) is 0.462. The van der Waals surface area contributed by atoms with Crippen molar-refractivity contribution in [3.63, 3.8) is 0 Å². The van der Waals surface area contributed by atoms with E-state index in [1.165, 1.54) is 18.2 Å². The Bertz CT molecular complexity index is 395. The number of thiol groups is 1.